The van der Waals surface area contributed by atoms with E-state index in [0.29, 0.717) is 25.0 Å². The van der Waals surface area contributed by atoms with E-state index in [9.17, 15) is 49.4 Å². The summed E-state index contributed by atoms with van der Waals surface area (Å²) in [5.74, 6) is -0.694. The Hall–Kier alpha value is -2.38. The number of rotatable bonds is 7. The van der Waals surface area contributed by atoms with Gasteiger partial charge >= 0.3 is 18.5 Å². The first-order chi connectivity index (χ1) is 16.8. The molecule has 1 saturated carbocycles. The summed E-state index contributed by atoms with van der Waals surface area (Å²) in [5.41, 5.74) is -9.23. The Balaban J connectivity index is 1.93. The van der Waals surface area contributed by atoms with E-state index in [2.05, 4.69) is 5.32 Å². The number of aliphatic hydroxyl groups is 1. The summed E-state index contributed by atoms with van der Waals surface area (Å²) in [6.45, 7) is -2.05. The molecule has 37 heavy (non-hydrogen) atoms. The summed E-state index contributed by atoms with van der Waals surface area (Å²) in [5, 5.41) is 12.8. The number of carbonyl (C=O) groups is 1. The Bertz CT molecular complexity index is 1180. The monoisotopic (exact) mass is 582 g/mol. The normalized spacial score (nSPS) is 16.3. The number of anilines is 1. The maximum atomic E-state index is 13.9. The Kier molecular flexibility index (Phi) is 7.94. The molecule has 0 heterocycles. The van der Waals surface area contributed by atoms with Gasteiger partial charge in [-0.25, -0.2) is 0 Å². The molecule has 0 spiro atoms. The molecular weight excluding hydrogens is 566 g/mol. The zero-order valence-electron chi connectivity index (χ0n) is 18.3. The lowest BCUT2D eigenvalue weighted by Gasteiger charge is -2.32. The first kappa shape index (κ1) is 29.2. The number of alkyl halides is 9. The number of hydrogen-bond donors (Lipinski definition) is 3. The molecule has 15 heteroatoms. The summed E-state index contributed by atoms with van der Waals surface area (Å²) in [4.78, 5) is 11.8. The average molecular weight is 583 g/mol. The van der Waals surface area contributed by atoms with Gasteiger partial charge in [-0.1, -0.05) is 29.3 Å². The molecule has 0 saturated heterocycles. The molecular formula is C22H17Cl2F9N2O2. The molecule has 1 amide bonds. The van der Waals surface area contributed by atoms with E-state index >= 15 is 0 Å². The standard InChI is InChI=1S/C22H17Cl2F9N2O2/c23-16-6-12(5-15(17(16)24)21(28,29)30)19(37,22(31,32)33)9-35-13-4-3-11(14(7-13)20(25,26)27)8-34-18(36)10-1-2-10/h3-7,10,35,37H,1-2,8-9H2,(H,34,36)/t19-/m1/s1. The zero-order valence-corrected chi connectivity index (χ0v) is 19.8. The van der Waals surface area contributed by atoms with Crippen LogP contribution in [0.1, 0.15) is 35.1 Å². The van der Waals surface area contributed by atoms with Gasteiger partial charge in [0.05, 0.1) is 27.7 Å². The van der Waals surface area contributed by atoms with Crippen LogP contribution in [0.25, 0.3) is 0 Å². The quantitative estimate of drug-likeness (QED) is 0.311. The fourth-order valence-electron chi connectivity index (χ4n) is 3.41. The Morgan fingerprint density at radius 2 is 1.51 bits per heavy atom. The number of amides is 1. The second-order valence-corrected chi connectivity index (χ2v) is 9.18. The number of nitrogens with one attached hydrogen (secondary N) is 2. The average Bonchev–Trinajstić information content (AvgIpc) is 3.61. The van der Waals surface area contributed by atoms with Crippen molar-refractivity contribution in [2.24, 2.45) is 5.92 Å². The van der Waals surface area contributed by atoms with Gasteiger partial charge in [-0.15, -0.1) is 0 Å². The highest BCUT2D eigenvalue weighted by atomic mass is 35.5. The van der Waals surface area contributed by atoms with Crippen LogP contribution in [0.15, 0.2) is 30.3 Å². The smallest absolute Gasteiger partial charge is 0.381 e. The first-order valence-electron chi connectivity index (χ1n) is 10.4. The molecule has 204 valence electrons. The second-order valence-electron chi connectivity index (χ2n) is 8.39. The maximum Gasteiger partial charge on any atom is 0.423 e. The SMILES string of the molecule is O=C(NCc1ccc(NC[C@@](O)(c2cc(Cl)c(Cl)c(C(F)(F)F)c2)C(F)(F)F)cc1C(F)(F)F)C1CC1. The lowest BCUT2D eigenvalue weighted by atomic mass is 9.91. The first-order valence-corrected chi connectivity index (χ1v) is 11.2. The van der Waals surface area contributed by atoms with Crippen LogP contribution in [-0.4, -0.2) is 23.7 Å². The van der Waals surface area contributed by atoms with Crippen molar-refractivity contribution in [3.8, 4) is 0 Å². The summed E-state index contributed by atoms with van der Waals surface area (Å²) in [7, 11) is 0. The molecule has 0 bridgehead atoms. The Morgan fingerprint density at radius 3 is 2.03 bits per heavy atom. The van der Waals surface area contributed by atoms with E-state index in [0.717, 1.165) is 12.1 Å². The number of carbonyl (C=O) groups excluding carboxylic acids is 1. The lowest BCUT2D eigenvalue weighted by Crippen LogP contribution is -2.48. The van der Waals surface area contributed by atoms with E-state index in [1.165, 1.54) is 0 Å². The summed E-state index contributed by atoms with van der Waals surface area (Å²) < 4.78 is 122. The van der Waals surface area contributed by atoms with Crippen molar-refractivity contribution in [1.82, 2.24) is 5.32 Å². The van der Waals surface area contributed by atoms with Gasteiger partial charge in [-0.3, -0.25) is 4.79 Å². The number of benzene rings is 2. The van der Waals surface area contributed by atoms with Crippen molar-refractivity contribution in [3.05, 3.63) is 62.6 Å². The van der Waals surface area contributed by atoms with Gasteiger partial charge < -0.3 is 15.7 Å². The molecule has 0 radical (unpaired) electrons. The fraction of sp³-hybridized carbons (Fsp3) is 0.409. The lowest BCUT2D eigenvalue weighted by molar-refractivity contribution is -0.260. The van der Waals surface area contributed by atoms with Crippen LogP contribution in [-0.2, 0) is 29.3 Å². The molecule has 2 aromatic carbocycles. The van der Waals surface area contributed by atoms with Gasteiger partial charge in [0.15, 0.2) is 0 Å². The highest BCUT2D eigenvalue weighted by Gasteiger charge is 2.56. The van der Waals surface area contributed by atoms with Gasteiger partial charge in [-0.2, -0.15) is 39.5 Å². The highest BCUT2D eigenvalue weighted by molar-refractivity contribution is 6.42. The maximum absolute atomic E-state index is 13.9. The van der Waals surface area contributed by atoms with Crippen LogP contribution in [0.5, 0.6) is 0 Å². The van der Waals surface area contributed by atoms with Crippen LogP contribution < -0.4 is 10.6 Å². The molecule has 4 nitrogen and oxygen atoms in total. The summed E-state index contributed by atoms with van der Waals surface area (Å²) >= 11 is 11.0. The van der Waals surface area contributed by atoms with E-state index < -0.39 is 75.5 Å². The third-order valence-electron chi connectivity index (χ3n) is 5.64. The summed E-state index contributed by atoms with van der Waals surface area (Å²) in [6.07, 6.45) is -14.5. The van der Waals surface area contributed by atoms with Crippen LogP contribution in [0.3, 0.4) is 0 Å². The van der Waals surface area contributed by atoms with Crippen molar-refractivity contribution >= 4 is 34.8 Å². The minimum absolute atomic E-state index is 0.0316. The van der Waals surface area contributed by atoms with Crippen LogP contribution in [0.2, 0.25) is 10.0 Å². The van der Waals surface area contributed by atoms with E-state index in [1.807, 2.05) is 5.32 Å². The van der Waals surface area contributed by atoms with Crippen LogP contribution >= 0.6 is 23.2 Å². The molecule has 1 aliphatic carbocycles. The predicted molar refractivity (Wildman–Crippen MR) is 116 cm³/mol. The molecule has 2 aromatic rings. The Labute approximate surface area is 213 Å². The van der Waals surface area contributed by atoms with Crippen molar-refractivity contribution in [2.45, 2.75) is 43.5 Å². The molecule has 0 unspecified atom stereocenters. The minimum Gasteiger partial charge on any atom is -0.381 e. The topological polar surface area (TPSA) is 61.4 Å². The van der Waals surface area contributed by atoms with Gasteiger partial charge in [0, 0.05) is 18.2 Å². The molecule has 1 fully saturated rings. The number of halogens is 11. The van der Waals surface area contributed by atoms with E-state index in [1.54, 1.807) is 0 Å². The van der Waals surface area contributed by atoms with Gasteiger partial charge in [0.2, 0.25) is 11.5 Å². The number of hydrogen-bond acceptors (Lipinski definition) is 3. The van der Waals surface area contributed by atoms with Gasteiger partial charge in [0.25, 0.3) is 0 Å². The predicted octanol–water partition coefficient (Wildman–Crippen LogP) is 6.92. The summed E-state index contributed by atoms with van der Waals surface area (Å²) in [6, 6.07) is 2.72. The van der Waals surface area contributed by atoms with Crippen molar-refractivity contribution < 1.29 is 49.4 Å². The zero-order chi connectivity index (χ0) is 28.0. The van der Waals surface area contributed by atoms with Crippen molar-refractivity contribution in [3.63, 3.8) is 0 Å². The minimum atomic E-state index is -5.58. The fourth-order valence-corrected chi connectivity index (χ4v) is 3.84. The molecule has 0 aliphatic heterocycles. The second kappa shape index (κ2) is 10.1. The molecule has 1 atom stereocenters. The Morgan fingerprint density at radius 1 is 0.919 bits per heavy atom. The largest absolute Gasteiger partial charge is 0.423 e. The molecule has 3 N–H and O–H groups in total. The van der Waals surface area contributed by atoms with E-state index in [4.69, 9.17) is 23.2 Å². The van der Waals surface area contributed by atoms with Crippen LogP contribution in [0, 0.1) is 5.92 Å². The van der Waals surface area contributed by atoms with Crippen LogP contribution in [0.4, 0.5) is 45.2 Å². The highest BCUT2D eigenvalue weighted by Crippen LogP contribution is 2.45. The van der Waals surface area contributed by atoms with Gasteiger partial charge in [-0.05, 0) is 48.2 Å². The van der Waals surface area contributed by atoms with Crippen molar-refractivity contribution in [2.75, 3.05) is 11.9 Å². The molecule has 3 rings (SSSR count). The molecule has 1 aliphatic rings. The van der Waals surface area contributed by atoms with Crippen molar-refractivity contribution in [1.29, 1.82) is 0 Å². The molecule has 0 aromatic heterocycles. The van der Waals surface area contributed by atoms with Gasteiger partial charge in [0.1, 0.15) is 0 Å². The van der Waals surface area contributed by atoms with E-state index in [-0.39, 0.29) is 17.5 Å². The third-order valence-corrected chi connectivity index (χ3v) is 6.45. The third kappa shape index (κ3) is 6.55.